The van der Waals surface area contributed by atoms with Gasteiger partial charge in [0, 0.05) is 6.54 Å². The molecule has 1 aromatic rings. The Hall–Kier alpha value is -0.820. The van der Waals surface area contributed by atoms with Gasteiger partial charge in [0.05, 0.1) is 0 Å². The van der Waals surface area contributed by atoms with E-state index in [1.54, 1.807) is 0 Å². The first kappa shape index (κ1) is 13.2. The summed E-state index contributed by atoms with van der Waals surface area (Å²) in [6.07, 6.45) is 7.46. The molecular formula is C18H27N. The Morgan fingerprint density at radius 2 is 1.95 bits per heavy atom. The highest BCUT2D eigenvalue weighted by molar-refractivity contribution is 5.25. The van der Waals surface area contributed by atoms with Gasteiger partial charge in [-0.25, -0.2) is 0 Å². The zero-order valence-corrected chi connectivity index (χ0v) is 12.4. The number of benzene rings is 1. The molecule has 4 unspecified atom stereocenters. The summed E-state index contributed by atoms with van der Waals surface area (Å²) >= 11 is 0. The van der Waals surface area contributed by atoms with Crippen LogP contribution in [0.5, 0.6) is 0 Å². The van der Waals surface area contributed by atoms with Crippen molar-refractivity contribution in [3.05, 3.63) is 35.4 Å². The maximum absolute atomic E-state index is 3.40. The minimum Gasteiger partial charge on any atom is -0.319 e. The molecule has 2 aliphatic carbocycles. The summed E-state index contributed by atoms with van der Waals surface area (Å²) in [5.74, 6) is 3.83. The smallest absolute Gasteiger partial charge is 0.00172 e. The largest absolute Gasteiger partial charge is 0.319 e. The lowest BCUT2D eigenvalue weighted by molar-refractivity contribution is 0.292. The second kappa shape index (κ2) is 5.66. The van der Waals surface area contributed by atoms with E-state index in [9.17, 15) is 0 Å². The first-order valence-electron chi connectivity index (χ1n) is 7.97. The third-order valence-corrected chi connectivity index (χ3v) is 5.47. The van der Waals surface area contributed by atoms with Crippen molar-refractivity contribution in [2.75, 3.05) is 13.6 Å². The van der Waals surface area contributed by atoms with Gasteiger partial charge in [-0.2, -0.15) is 0 Å². The molecule has 2 fully saturated rings. The zero-order chi connectivity index (χ0) is 13.2. The first-order valence-corrected chi connectivity index (χ1v) is 7.97. The van der Waals surface area contributed by atoms with Crippen LogP contribution in [0.15, 0.2) is 24.3 Å². The van der Waals surface area contributed by atoms with Gasteiger partial charge < -0.3 is 5.32 Å². The van der Waals surface area contributed by atoms with Gasteiger partial charge in [0.25, 0.3) is 0 Å². The average Bonchev–Trinajstić information content (AvgIpc) is 3.01. The van der Waals surface area contributed by atoms with Crippen molar-refractivity contribution in [3.8, 4) is 0 Å². The maximum atomic E-state index is 3.40. The average molecular weight is 257 g/mol. The van der Waals surface area contributed by atoms with Crippen molar-refractivity contribution >= 4 is 0 Å². The highest BCUT2D eigenvalue weighted by atomic mass is 14.8. The van der Waals surface area contributed by atoms with Gasteiger partial charge in [-0.1, -0.05) is 36.2 Å². The monoisotopic (exact) mass is 257 g/mol. The summed E-state index contributed by atoms with van der Waals surface area (Å²) in [6, 6.07) is 9.20. The van der Waals surface area contributed by atoms with Crippen molar-refractivity contribution in [2.45, 2.75) is 44.9 Å². The molecule has 104 valence electrons. The molecule has 3 rings (SSSR count). The van der Waals surface area contributed by atoms with E-state index in [0.29, 0.717) is 5.92 Å². The highest BCUT2D eigenvalue weighted by Crippen LogP contribution is 2.51. The summed E-state index contributed by atoms with van der Waals surface area (Å²) in [5, 5.41) is 3.40. The molecule has 0 saturated heterocycles. The Labute approximate surface area is 117 Å². The van der Waals surface area contributed by atoms with Crippen molar-refractivity contribution in [3.63, 3.8) is 0 Å². The molecular weight excluding hydrogens is 230 g/mol. The summed E-state index contributed by atoms with van der Waals surface area (Å²) in [5.41, 5.74) is 2.90. The number of hydrogen-bond acceptors (Lipinski definition) is 1. The molecule has 2 aliphatic rings. The molecule has 0 spiro atoms. The number of nitrogens with one attached hydrogen (secondary N) is 1. The van der Waals surface area contributed by atoms with E-state index in [0.717, 1.165) is 24.3 Å². The molecule has 2 saturated carbocycles. The van der Waals surface area contributed by atoms with Crippen LogP contribution in [0.3, 0.4) is 0 Å². The standard InChI is InChI=1S/C18H27N/c1-13-3-6-15(7-4-13)18(12-19-2)11-17-10-14-5-8-16(17)9-14/h3-4,6-7,14,16-19H,5,8-12H2,1-2H3. The number of hydrogen-bond donors (Lipinski definition) is 1. The van der Waals surface area contributed by atoms with E-state index >= 15 is 0 Å². The van der Waals surface area contributed by atoms with Gasteiger partial charge in [0.15, 0.2) is 0 Å². The van der Waals surface area contributed by atoms with Gasteiger partial charge in [-0.3, -0.25) is 0 Å². The molecule has 4 atom stereocenters. The normalized spacial score (nSPS) is 30.7. The second-order valence-electron chi connectivity index (χ2n) is 6.84. The fourth-order valence-corrected chi connectivity index (χ4v) is 4.45. The Morgan fingerprint density at radius 3 is 2.53 bits per heavy atom. The van der Waals surface area contributed by atoms with E-state index in [2.05, 4.69) is 43.6 Å². The Morgan fingerprint density at radius 1 is 1.16 bits per heavy atom. The predicted molar refractivity (Wildman–Crippen MR) is 81.4 cm³/mol. The molecule has 2 bridgehead atoms. The fraction of sp³-hybridized carbons (Fsp3) is 0.667. The highest BCUT2D eigenvalue weighted by Gasteiger charge is 2.40. The topological polar surface area (TPSA) is 12.0 Å². The van der Waals surface area contributed by atoms with E-state index < -0.39 is 0 Å². The van der Waals surface area contributed by atoms with Crippen LogP contribution < -0.4 is 5.32 Å². The van der Waals surface area contributed by atoms with E-state index in [4.69, 9.17) is 0 Å². The number of rotatable bonds is 5. The van der Waals surface area contributed by atoms with E-state index in [1.165, 1.54) is 43.2 Å². The fourth-order valence-electron chi connectivity index (χ4n) is 4.45. The van der Waals surface area contributed by atoms with Crippen LogP contribution >= 0.6 is 0 Å². The lowest BCUT2D eigenvalue weighted by atomic mass is 9.80. The van der Waals surface area contributed by atoms with Gasteiger partial charge in [-0.15, -0.1) is 0 Å². The number of likely N-dealkylation sites (N-methyl/N-ethyl adjacent to an activating group) is 1. The number of aryl methyl sites for hydroxylation is 1. The van der Waals surface area contributed by atoms with Crippen molar-refractivity contribution < 1.29 is 0 Å². The maximum Gasteiger partial charge on any atom is 0.00172 e. The molecule has 1 N–H and O–H groups in total. The molecule has 0 aromatic heterocycles. The summed E-state index contributed by atoms with van der Waals surface area (Å²) in [7, 11) is 2.09. The van der Waals surface area contributed by atoms with Gasteiger partial charge in [-0.05, 0) is 68.9 Å². The molecule has 1 heteroatoms. The minimum atomic E-state index is 0.704. The second-order valence-corrected chi connectivity index (χ2v) is 6.84. The van der Waals surface area contributed by atoms with Crippen molar-refractivity contribution in [2.24, 2.45) is 17.8 Å². The summed E-state index contributed by atoms with van der Waals surface area (Å²) in [6.45, 7) is 3.30. The molecule has 1 aromatic carbocycles. The van der Waals surface area contributed by atoms with Crippen LogP contribution in [0.4, 0.5) is 0 Å². The van der Waals surface area contributed by atoms with Crippen LogP contribution in [-0.4, -0.2) is 13.6 Å². The summed E-state index contributed by atoms with van der Waals surface area (Å²) < 4.78 is 0. The third-order valence-electron chi connectivity index (χ3n) is 5.47. The van der Waals surface area contributed by atoms with E-state index in [1.807, 2.05) is 0 Å². The molecule has 1 nitrogen and oxygen atoms in total. The number of fused-ring (bicyclic) bond motifs is 2. The lowest BCUT2D eigenvalue weighted by Gasteiger charge is -2.27. The summed E-state index contributed by atoms with van der Waals surface area (Å²) in [4.78, 5) is 0. The first-order chi connectivity index (χ1) is 9.26. The Kier molecular flexibility index (Phi) is 3.93. The molecule has 0 aliphatic heterocycles. The Bertz CT molecular complexity index is 408. The van der Waals surface area contributed by atoms with Crippen LogP contribution in [0.1, 0.15) is 49.1 Å². The predicted octanol–water partition coefficient (Wildman–Crippen LogP) is 4.12. The third kappa shape index (κ3) is 2.86. The molecule has 19 heavy (non-hydrogen) atoms. The SMILES string of the molecule is CNCC(CC1CC2CCC1C2)c1ccc(C)cc1. The van der Waals surface area contributed by atoms with Gasteiger partial charge >= 0.3 is 0 Å². The molecule has 0 amide bonds. The van der Waals surface area contributed by atoms with Crippen molar-refractivity contribution in [1.29, 1.82) is 0 Å². The molecule has 0 heterocycles. The van der Waals surface area contributed by atoms with Crippen molar-refractivity contribution in [1.82, 2.24) is 5.32 Å². The van der Waals surface area contributed by atoms with Crippen LogP contribution in [0.25, 0.3) is 0 Å². The van der Waals surface area contributed by atoms with Crippen LogP contribution in [0, 0.1) is 24.7 Å². The Balaban J connectivity index is 1.68. The lowest BCUT2D eigenvalue weighted by Crippen LogP contribution is -2.22. The quantitative estimate of drug-likeness (QED) is 0.836. The minimum absolute atomic E-state index is 0.704. The van der Waals surface area contributed by atoms with Crippen LogP contribution in [0.2, 0.25) is 0 Å². The zero-order valence-electron chi connectivity index (χ0n) is 12.4. The molecule has 0 radical (unpaired) electrons. The van der Waals surface area contributed by atoms with E-state index in [-0.39, 0.29) is 0 Å². The van der Waals surface area contributed by atoms with Gasteiger partial charge in [0.1, 0.15) is 0 Å². The van der Waals surface area contributed by atoms with Crippen LogP contribution in [-0.2, 0) is 0 Å². The van der Waals surface area contributed by atoms with Gasteiger partial charge in [0.2, 0.25) is 0 Å².